The van der Waals surface area contributed by atoms with E-state index < -0.39 is 0 Å². The van der Waals surface area contributed by atoms with Crippen LogP contribution in [-0.2, 0) is 4.74 Å². The largest absolute Gasteiger partial charge is 0.380 e. The van der Waals surface area contributed by atoms with Crippen LogP contribution in [-0.4, -0.2) is 24.7 Å². The van der Waals surface area contributed by atoms with E-state index in [9.17, 15) is 9.59 Å². The van der Waals surface area contributed by atoms with Gasteiger partial charge in [-0.3, -0.25) is 9.59 Å². The van der Waals surface area contributed by atoms with Gasteiger partial charge < -0.3 is 4.74 Å². The van der Waals surface area contributed by atoms with Crippen LogP contribution in [0.5, 0.6) is 0 Å². The maximum Gasteiger partial charge on any atom is 0.192 e. The predicted molar refractivity (Wildman–Crippen MR) is 97.7 cm³/mol. The molecule has 0 saturated carbocycles. The van der Waals surface area contributed by atoms with Gasteiger partial charge in [0.2, 0.25) is 0 Å². The second-order valence-electron chi connectivity index (χ2n) is 4.59. The van der Waals surface area contributed by atoms with Crippen LogP contribution in [0.15, 0.2) is 80.0 Å². The molecule has 2 rings (SSSR count). The summed E-state index contributed by atoms with van der Waals surface area (Å²) in [5.41, 5.74) is 0.0750. The molecule has 0 heterocycles. The lowest BCUT2D eigenvalue weighted by molar-refractivity contribution is 0.167. The van der Waals surface area contributed by atoms with Crippen molar-refractivity contribution in [2.24, 2.45) is 0 Å². The van der Waals surface area contributed by atoms with Crippen LogP contribution in [0.3, 0.4) is 0 Å². The van der Waals surface area contributed by atoms with Gasteiger partial charge in [-0.25, -0.2) is 0 Å². The van der Waals surface area contributed by atoms with Crippen molar-refractivity contribution in [1.82, 2.24) is 0 Å². The van der Waals surface area contributed by atoms with Crippen LogP contribution in [0.1, 0.15) is 0 Å². The molecule has 0 aliphatic heterocycles. The Morgan fingerprint density at radius 2 is 1.09 bits per heavy atom. The van der Waals surface area contributed by atoms with Crippen LogP contribution in [0.4, 0.5) is 0 Å². The van der Waals surface area contributed by atoms with E-state index in [1.807, 2.05) is 36.4 Å². The Morgan fingerprint density at radius 3 is 1.57 bits per heavy atom. The lowest BCUT2D eigenvalue weighted by atomic mass is 10.5. The Bertz CT molecular complexity index is 672. The normalized spacial score (nSPS) is 10.4. The Morgan fingerprint density at radius 1 is 0.652 bits per heavy atom. The summed E-state index contributed by atoms with van der Waals surface area (Å²) in [4.78, 5) is 24.9. The van der Waals surface area contributed by atoms with Gasteiger partial charge in [0.15, 0.2) is 10.9 Å². The van der Waals surface area contributed by atoms with E-state index in [4.69, 9.17) is 4.74 Å². The molecule has 0 spiro atoms. The fraction of sp³-hybridized carbons (Fsp3) is 0.222. The molecule has 0 fully saturated rings. The molecular weight excluding hydrogens is 328 g/mol. The first kappa shape index (κ1) is 17.8. The molecule has 0 saturated heterocycles. The van der Waals surface area contributed by atoms with Crippen LogP contribution in [0.2, 0.25) is 0 Å². The highest BCUT2D eigenvalue weighted by Gasteiger charge is 1.99. The van der Waals surface area contributed by atoms with Crippen molar-refractivity contribution in [3.05, 3.63) is 81.1 Å². The highest BCUT2D eigenvalue weighted by molar-refractivity contribution is 7.99. The number of thioether (sulfide) groups is 2. The van der Waals surface area contributed by atoms with Crippen molar-refractivity contribution in [2.45, 2.75) is 9.79 Å². The summed E-state index contributed by atoms with van der Waals surface area (Å²) in [6.07, 6.45) is 0. The lowest BCUT2D eigenvalue weighted by Crippen LogP contribution is -2.05. The van der Waals surface area contributed by atoms with E-state index in [-0.39, 0.29) is 10.9 Å². The minimum atomic E-state index is 0.0375. The quantitative estimate of drug-likeness (QED) is 0.542. The summed E-state index contributed by atoms with van der Waals surface area (Å²) in [5.74, 6) is 1.47. The van der Waals surface area contributed by atoms with Gasteiger partial charge in [0.05, 0.1) is 23.0 Å². The summed E-state index contributed by atoms with van der Waals surface area (Å²) >= 11 is 3.00. The standard InChI is InChI=1S/C18H18O3S2/c19-15-7-3-1-5-9-17(15)22-13-11-21-12-14-23-18-10-6-2-4-8-16(18)20/h1-10H,11-14H2. The van der Waals surface area contributed by atoms with Gasteiger partial charge in [0.25, 0.3) is 0 Å². The molecular formula is C18H18O3S2. The zero-order valence-corrected chi connectivity index (χ0v) is 14.3. The zero-order valence-electron chi connectivity index (χ0n) is 12.6. The second-order valence-corrected chi connectivity index (χ2v) is 6.86. The number of rotatable bonds is 8. The average Bonchev–Trinajstić information content (AvgIpc) is 2.87. The van der Waals surface area contributed by atoms with Gasteiger partial charge >= 0.3 is 0 Å². The zero-order chi connectivity index (χ0) is 16.3. The molecule has 2 aromatic carbocycles. The highest BCUT2D eigenvalue weighted by atomic mass is 32.2. The third kappa shape index (κ3) is 6.60. The molecule has 0 aromatic heterocycles. The van der Waals surface area contributed by atoms with Crippen molar-refractivity contribution < 1.29 is 4.74 Å². The predicted octanol–water partition coefficient (Wildman–Crippen LogP) is 3.31. The van der Waals surface area contributed by atoms with E-state index in [0.717, 1.165) is 21.3 Å². The first-order valence-electron chi connectivity index (χ1n) is 7.29. The van der Waals surface area contributed by atoms with Crippen LogP contribution < -0.4 is 10.9 Å². The van der Waals surface area contributed by atoms with Crippen molar-refractivity contribution in [1.29, 1.82) is 0 Å². The average molecular weight is 346 g/mol. The fourth-order valence-electron chi connectivity index (χ4n) is 1.79. The van der Waals surface area contributed by atoms with E-state index in [1.54, 1.807) is 24.3 Å². The highest BCUT2D eigenvalue weighted by Crippen LogP contribution is 2.13. The minimum absolute atomic E-state index is 0.0375. The summed E-state index contributed by atoms with van der Waals surface area (Å²) in [7, 11) is 0. The van der Waals surface area contributed by atoms with Gasteiger partial charge in [-0.2, -0.15) is 0 Å². The summed E-state index contributed by atoms with van der Waals surface area (Å²) in [6.45, 7) is 1.16. The first-order chi connectivity index (χ1) is 11.3. The Kier molecular flexibility index (Phi) is 7.93. The van der Waals surface area contributed by atoms with Crippen LogP contribution in [0.25, 0.3) is 0 Å². The molecule has 120 valence electrons. The topological polar surface area (TPSA) is 43.4 Å². The molecule has 2 aromatic rings. The summed E-state index contributed by atoms with van der Waals surface area (Å²) in [6, 6.07) is 17.7. The molecule has 5 heteroatoms. The Labute approximate surface area is 144 Å². The van der Waals surface area contributed by atoms with Gasteiger partial charge in [-0.1, -0.05) is 36.4 Å². The molecule has 3 nitrogen and oxygen atoms in total. The van der Waals surface area contributed by atoms with Crippen molar-refractivity contribution in [3.8, 4) is 0 Å². The van der Waals surface area contributed by atoms with E-state index in [0.29, 0.717) is 13.2 Å². The van der Waals surface area contributed by atoms with Crippen molar-refractivity contribution >= 4 is 23.5 Å². The monoisotopic (exact) mass is 346 g/mol. The van der Waals surface area contributed by atoms with E-state index in [2.05, 4.69) is 0 Å². The minimum Gasteiger partial charge on any atom is -0.380 e. The molecule has 0 unspecified atom stereocenters. The van der Waals surface area contributed by atoms with Gasteiger partial charge in [0.1, 0.15) is 0 Å². The van der Waals surface area contributed by atoms with E-state index in [1.165, 1.54) is 23.5 Å². The molecule has 0 radical (unpaired) electrons. The smallest absolute Gasteiger partial charge is 0.192 e. The first-order valence-corrected chi connectivity index (χ1v) is 9.26. The van der Waals surface area contributed by atoms with Crippen LogP contribution in [0, 0.1) is 0 Å². The summed E-state index contributed by atoms with van der Waals surface area (Å²) < 4.78 is 5.56. The summed E-state index contributed by atoms with van der Waals surface area (Å²) in [5, 5.41) is 0. The molecule has 0 N–H and O–H groups in total. The third-order valence-corrected chi connectivity index (χ3v) is 4.93. The number of hydrogen-bond acceptors (Lipinski definition) is 5. The molecule has 0 atom stereocenters. The second kappa shape index (κ2) is 10.3. The molecule has 23 heavy (non-hydrogen) atoms. The van der Waals surface area contributed by atoms with Gasteiger partial charge in [-0.05, 0) is 24.3 Å². The fourth-order valence-corrected chi connectivity index (χ4v) is 3.40. The number of hydrogen-bond donors (Lipinski definition) is 0. The maximum atomic E-state index is 11.7. The molecule has 0 aliphatic rings. The Hall–Kier alpha value is -1.56. The van der Waals surface area contributed by atoms with Crippen molar-refractivity contribution in [3.63, 3.8) is 0 Å². The molecule has 0 amide bonds. The lowest BCUT2D eigenvalue weighted by Gasteiger charge is -2.03. The van der Waals surface area contributed by atoms with Gasteiger partial charge in [0, 0.05) is 11.5 Å². The number of ether oxygens (including phenoxy) is 1. The SMILES string of the molecule is O=c1cccccc1SCCOCCSc1cccccc1=O. The van der Waals surface area contributed by atoms with Crippen molar-refractivity contribution in [2.75, 3.05) is 24.7 Å². The van der Waals surface area contributed by atoms with Gasteiger partial charge in [-0.15, -0.1) is 23.5 Å². The van der Waals surface area contributed by atoms with E-state index >= 15 is 0 Å². The molecule has 0 bridgehead atoms. The maximum absolute atomic E-state index is 11.7. The third-order valence-electron chi connectivity index (χ3n) is 2.89. The molecule has 0 aliphatic carbocycles. The Balaban J connectivity index is 1.65. The van der Waals surface area contributed by atoms with Crippen LogP contribution >= 0.6 is 23.5 Å².